The molecule has 0 aliphatic rings. The third-order valence-corrected chi connectivity index (χ3v) is 4.49. The first-order valence-corrected chi connectivity index (χ1v) is 9.02. The summed E-state index contributed by atoms with van der Waals surface area (Å²) in [7, 11) is 0. The highest BCUT2D eigenvalue weighted by atomic mass is 19.1. The Balaban J connectivity index is 1.54. The van der Waals surface area contributed by atoms with E-state index >= 15 is 0 Å². The molecule has 0 saturated heterocycles. The summed E-state index contributed by atoms with van der Waals surface area (Å²) in [5.41, 5.74) is 1.51. The summed E-state index contributed by atoms with van der Waals surface area (Å²) in [4.78, 5) is 17.5. The van der Waals surface area contributed by atoms with Crippen molar-refractivity contribution < 1.29 is 18.0 Å². The maximum atomic E-state index is 14.3. The van der Waals surface area contributed by atoms with Crippen molar-refractivity contribution in [3.8, 4) is 22.9 Å². The Kier molecular flexibility index (Phi) is 4.29. The average molecular weight is 400 g/mol. The average Bonchev–Trinajstić information content (AvgIpc) is 3.45. The van der Waals surface area contributed by atoms with Crippen molar-refractivity contribution in [3.63, 3.8) is 0 Å². The van der Waals surface area contributed by atoms with E-state index in [2.05, 4.69) is 20.5 Å². The van der Waals surface area contributed by atoms with Crippen molar-refractivity contribution in [3.05, 3.63) is 84.4 Å². The second kappa shape index (κ2) is 7.25. The van der Waals surface area contributed by atoms with Gasteiger partial charge in [-0.2, -0.15) is 0 Å². The second-order valence-corrected chi connectivity index (χ2v) is 6.40. The van der Waals surface area contributed by atoms with Crippen LogP contribution in [-0.2, 0) is 0 Å². The van der Waals surface area contributed by atoms with Crippen LogP contribution in [0.2, 0.25) is 0 Å². The fourth-order valence-electron chi connectivity index (χ4n) is 3.11. The Labute approximate surface area is 169 Å². The van der Waals surface area contributed by atoms with Crippen LogP contribution < -0.4 is 5.32 Å². The van der Waals surface area contributed by atoms with E-state index < -0.39 is 11.7 Å². The quantitative estimate of drug-likeness (QED) is 0.459. The van der Waals surface area contributed by atoms with Crippen molar-refractivity contribution in [1.29, 1.82) is 0 Å². The largest absolute Gasteiger partial charge is 0.459 e. The number of halogens is 1. The molecule has 0 saturated carbocycles. The minimum absolute atomic E-state index is 0.0836. The van der Waals surface area contributed by atoms with Gasteiger partial charge >= 0.3 is 6.01 Å². The van der Waals surface area contributed by atoms with Gasteiger partial charge < -0.3 is 8.83 Å². The molecule has 5 aromatic rings. The number of anilines is 1. The number of rotatable bonds is 4. The third kappa shape index (κ3) is 3.20. The van der Waals surface area contributed by atoms with Gasteiger partial charge in [0.1, 0.15) is 5.82 Å². The molecule has 0 atom stereocenters. The highest BCUT2D eigenvalue weighted by Gasteiger charge is 2.18. The molecule has 0 radical (unpaired) electrons. The zero-order valence-electron chi connectivity index (χ0n) is 15.4. The fourth-order valence-corrected chi connectivity index (χ4v) is 3.11. The van der Waals surface area contributed by atoms with E-state index in [1.165, 1.54) is 12.3 Å². The van der Waals surface area contributed by atoms with E-state index in [-0.39, 0.29) is 11.9 Å². The Morgan fingerprint density at radius 2 is 1.80 bits per heavy atom. The van der Waals surface area contributed by atoms with Crippen molar-refractivity contribution >= 4 is 22.8 Å². The van der Waals surface area contributed by atoms with Crippen LogP contribution in [0.4, 0.5) is 10.4 Å². The first-order chi connectivity index (χ1) is 14.7. The summed E-state index contributed by atoms with van der Waals surface area (Å²) >= 11 is 0. The number of pyridine rings is 1. The van der Waals surface area contributed by atoms with E-state index in [0.29, 0.717) is 33.5 Å². The number of carbonyl (C=O) groups excluding carboxylic acids is 1. The van der Waals surface area contributed by atoms with Crippen LogP contribution in [0.1, 0.15) is 10.4 Å². The number of aromatic nitrogens is 3. The lowest BCUT2D eigenvalue weighted by molar-refractivity contribution is 0.102. The van der Waals surface area contributed by atoms with Gasteiger partial charge in [-0.3, -0.25) is 10.1 Å². The molecule has 0 aliphatic heterocycles. The van der Waals surface area contributed by atoms with Crippen molar-refractivity contribution in [2.45, 2.75) is 0 Å². The number of amides is 1. The zero-order chi connectivity index (χ0) is 20.5. The predicted octanol–water partition coefficient (Wildman–Crippen LogP) is 4.94. The highest BCUT2D eigenvalue weighted by Crippen LogP contribution is 2.27. The Hall–Kier alpha value is -4.33. The van der Waals surface area contributed by atoms with Gasteiger partial charge in [-0.1, -0.05) is 35.4 Å². The van der Waals surface area contributed by atoms with Gasteiger partial charge in [0.15, 0.2) is 5.76 Å². The van der Waals surface area contributed by atoms with Gasteiger partial charge in [0.2, 0.25) is 0 Å². The predicted molar refractivity (Wildman–Crippen MR) is 107 cm³/mol. The SMILES string of the molecule is O=C(Nc1nnc(-c2ccco2)o1)c1cc(-c2ccccc2F)nc2ccccc12. The molecular formula is C22H13FN4O3. The van der Waals surface area contributed by atoms with Crippen molar-refractivity contribution in [2.75, 3.05) is 5.32 Å². The van der Waals surface area contributed by atoms with Gasteiger partial charge in [0.25, 0.3) is 11.8 Å². The maximum absolute atomic E-state index is 14.3. The molecule has 5 rings (SSSR count). The monoisotopic (exact) mass is 400 g/mol. The van der Waals surface area contributed by atoms with E-state index in [4.69, 9.17) is 8.83 Å². The maximum Gasteiger partial charge on any atom is 0.322 e. The van der Waals surface area contributed by atoms with Gasteiger partial charge in [0, 0.05) is 10.9 Å². The number of carbonyl (C=O) groups is 1. The van der Waals surface area contributed by atoms with Crippen LogP contribution in [0.15, 0.2) is 81.8 Å². The molecule has 3 aromatic heterocycles. The topological polar surface area (TPSA) is 94.1 Å². The molecule has 1 N–H and O–H groups in total. The number of benzene rings is 2. The minimum atomic E-state index is -0.485. The Morgan fingerprint density at radius 3 is 2.63 bits per heavy atom. The smallest absolute Gasteiger partial charge is 0.322 e. The Morgan fingerprint density at radius 1 is 0.967 bits per heavy atom. The molecule has 0 bridgehead atoms. The number of para-hydroxylation sites is 1. The summed E-state index contributed by atoms with van der Waals surface area (Å²) in [6, 6.07) is 18.2. The number of hydrogen-bond donors (Lipinski definition) is 1. The lowest BCUT2D eigenvalue weighted by Crippen LogP contribution is -2.13. The number of fused-ring (bicyclic) bond motifs is 1. The molecule has 3 heterocycles. The highest BCUT2D eigenvalue weighted by molar-refractivity contribution is 6.12. The minimum Gasteiger partial charge on any atom is -0.459 e. The number of furan rings is 1. The Bertz CT molecular complexity index is 1360. The summed E-state index contributed by atoms with van der Waals surface area (Å²) in [5, 5.41) is 10.9. The van der Waals surface area contributed by atoms with Crippen LogP contribution in [0.3, 0.4) is 0 Å². The van der Waals surface area contributed by atoms with Crippen LogP contribution in [-0.4, -0.2) is 21.1 Å². The molecule has 1 amide bonds. The molecule has 2 aromatic carbocycles. The van der Waals surface area contributed by atoms with E-state index in [9.17, 15) is 9.18 Å². The van der Waals surface area contributed by atoms with Crippen LogP contribution in [0.5, 0.6) is 0 Å². The molecule has 146 valence electrons. The number of hydrogen-bond acceptors (Lipinski definition) is 6. The molecule has 7 nitrogen and oxygen atoms in total. The summed E-state index contributed by atoms with van der Waals surface area (Å²) in [5.74, 6) is -0.381. The van der Waals surface area contributed by atoms with Crippen LogP contribution in [0, 0.1) is 5.82 Å². The van der Waals surface area contributed by atoms with Gasteiger partial charge in [-0.15, -0.1) is 5.10 Å². The fraction of sp³-hybridized carbons (Fsp3) is 0. The molecule has 0 aliphatic carbocycles. The zero-order valence-corrected chi connectivity index (χ0v) is 15.4. The lowest BCUT2D eigenvalue weighted by Gasteiger charge is -2.09. The number of nitrogens with one attached hydrogen (secondary N) is 1. The second-order valence-electron chi connectivity index (χ2n) is 6.40. The van der Waals surface area contributed by atoms with Crippen molar-refractivity contribution in [2.24, 2.45) is 0 Å². The van der Waals surface area contributed by atoms with Gasteiger partial charge in [-0.25, -0.2) is 9.37 Å². The lowest BCUT2D eigenvalue weighted by atomic mass is 10.0. The molecular weight excluding hydrogens is 387 g/mol. The molecule has 8 heteroatoms. The van der Waals surface area contributed by atoms with E-state index in [1.807, 2.05) is 0 Å². The summed E-state index contributed by atoms with van der Waals surface area (Å²) < 4.78 is 25.0. The van der Waals surface area contributed by atoms with Gasteiger partial charge in [-0.05, 0) is 36.4 Å². The molecule has 0 unspecified atom stereocenters. The molecule has 0 fully saturated rings. The first kappa shape index (κ1) is 17.7. The first-order valence-electron chi connectivity index (χ1n) is 9.02. The van der Waals surface area contributed by atoms with E-state index in [0.717, 1.165) is 0 Å². The van der Waals surface area contributed by atoms with Gasteiger partial charge in [0.05, 0.1) is 23.0 Å². The van der Waals surface area contributed by atoms with Crippen LogP contribution in [0.25, 0.3) is 33.8 Å². The van der Waals surface area contributed by atoms with E-state index in [1.54, 1.807) is 60.7 Å². The summed E-state index contributed by atoms with van der Waals surface area (Å²) in [6.07, 6.45) is 1.48. The van der Waals surface area contributed by atoms with Crippen molar-refractivity contribution in [1.82, 2.24) is 15.2 Å². The molecule has 30 heavy (non-hydrogen) atoms. The standard InChI is InChI=1S/C22H13FN4O3/c23-16-8-3-1-7-14(16)18-12-15(13-6-2-4-9-17(13)24-18)20(28)25-22-27-26-21(30-22)19-10-5-11-29-19/h1-12H,(H,25,27,28). The normalized spacial score (nSPS) is 11.0. The summed E-state index contributed by atoms with van der Waals surface area (Å²) in [6.45, 7) is 0. The molecule has 0 spiro atoms. The number of nitrogens with zero attached hydrogens (tertiary/aromatic N) is 3. The third-order valence-electron chi connectivity index (χ3n) is 4.49. The van der Waals surface area contributed by atoms with Crippen LogP contribution >= 0.6 is 0 Å².